The van der Waals surface area contributed by atoms with Crippen LogP contribution in [0.3, 0.4) is 0 Å². The van der Waals surface area contributed by atoms with Crippen LogP contribution in [-0.4, -0.2) is 77.2 Å². The maximum absolute atomic E-state index is 11.6. The molecule has 6 aromatic rings. The predicted octanol–water partition coefficient (Wildman–Crippen LogP) is 7.19. The van der Waals surface area contributed by atoms with Gasteiger partial charge >= 0.3 is 36.6 Å². The molecule has 0 aromatic heterocycles. The molecule has 368 valence electrons. The van der Waals surface area contributed by atoms with Gasteiger partial charge in [0, 0.05) is 31.6 Å². The maximum Gasteiger partial charge on any atom is 0.492 e. The van der Waals surface area contributed by atoms with E-state index in [9.17, 15) is 19.6 Å². The summed E-state index contributed by atoms with van der Waals surface area (Å²) in [7, 11) is -6.82. The molecular weight excluding hydrogens is 926 g/mol. The van der Waals surface area contributed by atoms with Crippen LogP contribution in [0, 0.1) is 0 Å². The monoisotopic (exact) mass is 980 g/mol. The molecule has 2 unspecified atom stereocenters. The van der Waals surface area contributed by atoms with Crippen molar-refractivity contribution in [2.75, 3.05) is 13.2 Å². The lowest BCUT2D eigenvalue weighted by molar-refractivity contribution is -0.143. The Morgan fingerprint density at radius 1 is 0.571 bits per heavy atom. The van der Waals surface area contributed by atoms with Gasteiger partial charge in [-0.3, -0.25) is 18.7 Å². The molecule has 0 amide bonds. The maximum atomic E-state index is 11.6. The molecule has 17 nitrogen and oxygen atoms in total. The van der Waals surface area contributed by atoms with Crippen LogP contribution < -0.4 is 29.9 Å². The van der Waals surface area contributed by atoms with E-state index in [2.05, 4.69) is 0 Å². The van der Waals surface area contributed by atoms with E-state index in [1.807, 2.05) is 121 Å². The Bertz CT molecular complexity index is 2690. The molecule has 0 saturated heterocycles. The third kappa shape index (κ3) is 18.3. The van der Waals surface area contributed by atoms with Crippen LogP contribution in [-0.2, 0) is 47.2 Å². The number of aliphatic hydroxyl groups is 1. The number of hydrogen-bond acceptors (Lipinski definition) is 14. The molecule has 2 aliphatic rings. The van der Waals surface area contributed by atoms with E-state index >= 15 is 0 Å². The quantitative estimate of drug-likeness (QED) is 0.0300. The van der Waals surface area contributed by atoms with Crippen molar-refractivity contribution in [3.8, 4) is 34.5 Å². The van der Waals surface area contributed by atoms with Crippen molar-refractivity contribution in [1.82, 2.24) is 0 Å². The average Bonchev–Trinajstić information content (AvgIpc) is 3.83. The zero-order chi connectivity index (χ0) is 50.5. The molecule has 0 spiro atoms. The largest absolute Gasteiger partial charge is 0.492 e. The SMILES string of the molecule is CCO.CCOC(=O)CCC1OB(O)c2cc(Oc3cccc(OCc4ccccc4)c3)ccc21.O=C(O)CCC1OB(O)c2cc(Oc3cccc(OCc4ccccc4)c3)ccc21.O=S(=O)(O)O. The van der Waals surface area contributed by atoms with Gasteiger partial charge in [-0.2, -0.15) is 8.42 Å². The molecule has 20 heteroatoms. The summed E-state index contributed by atoms with van der Waals surface area (Å²) in [4.78, 5) is 22.4. The number of aliphatic carboxylic acids is 1. The van der Waals surface area contributed by atoms with Gasteiger partial charge in [0.1, 0.15) is 47.7 Å². The summed E-state index contributed by atoms with van der Waals surface area (Å²) >= 11 is 0. The van der Waals surface area contributed by atoms with Crippen molar-refractivity contribution in [2.24, 2.45) is 0 Å². The molecule has 2 atom stereocenters. The van der Waals surface area contributed by atoms with Crippen molar-refractivity contribution in [3.05, 3.63) is 168 Å². The van der Waals surface area contributed by atoms with Crippen LogP contribution in [0.4, 0.5) is 0 Å². The third-order valence-electron chi connectivity index (χ3n) is 10.0. The van der Waals surface area contributed by atoms with Crippen LogP contribution in [0.25, 0.3) is 0 Å². The molecule has 2 heterocycles. The Labute approximate surface area is 407 Å². The van der Waals surface area contributed by atoms with Crippen molar-refractivity contribution in [3.63, 3.8) is 0 Å². The molecular formula is C50H54B2O17S. The van der Waals surface area contributed by atoms with Crippen molar-refractivity contribution in [2.45, 2.75) is 65.0 Å². The van der Waals surface area contributed by atoms with E-state index in [1.54, 1.807) is 38.1 Å². The molecule has 0 saturated carbocycles. The Morgan fingerprint density at radius 3 is 1.36 bits per heavy atom. The first kappa shape index (κ1) is 54.2. The molecule has 0 radical (unpaired) electrons. The van der Waals surface area contributed by atoms with Crippen LogP contribution in [0.15, 0.2) is 146 Å². The van der Waals surface area contributed by atoms with E-state index in [1.165, 1.54) is 0 Å². The minimum Gasteiger partial charge on any atom is -0.489 e. The number of rotatable bonds is 17. The first-order valence-electron chi connectivity index (χ1n) is 22.1. The molecule has 6 aromatic carbocycles. The highest BCUT2D eigenvalue weighted by Crippen LogP contribution is 2.34. The third-order valence-corrected chi connectivity index (χ3v) is 10.0. The molecule has 0 bridgehead atoms. The van der Waals surface area contributed by atoms with E-state index in [4.69, 9.17) is 60.7 Å². The summed E-state index contributed by atoms with van der Waals surface area (Å²) in [5.41, 5.74) is 5.05. The summed E-state index contributed by atoms with van der Waals surface area (Å²) in [5, 5.41) is 36.9. The van der Waals surface area contributed by atoms with Gasteiger partial charge in [-0.05, 0) is 108 Å². The summed E-state index contributed by atoms with van der Waals surface area (Å²) < 4.78 is 71.3. The predicted molar refractivity (Wildman–Crippen MR) is 260 cm³/mol. The minimum atomic E-state index is -4.67. The number of carbonyl (C=O) groups is 2. The summed E-state index contributed by atoms with van der Waals surface area (Å²) in [6.45, 7) is 4.99. The summed E-state index contributed by atoms with van der Waals surface area (Å²) in [6, 6.07) is 45.4. The van der Waals surface area contributed by atoms with E-state index in [0.29, 0.717) is 78.1 Å². The summed E-state index contributed by atoms with van der Waals surface area (Å²) in [6.07, 6.45) is 0.177. The van der Waals surface area contributed by atoms with Crippen molar-refractivity contribution in [1.29, 1.82) is 0 Å². The number of aliphatic hydroxyl groups excluding tert-OH is 1. The van der Waals surface area contributed by atoms with E-state index in [-0.39, 0.29) is 31.5 Å². The fourth-order valence-electron chi connectivity index (χ4n) is 7.04. The number of hydrogen-bond donors (Lipinski definition) is 6. The minimum absolute atomic E-state index is 0.0230. The number of carboxylic acids is 1. The van der Waals surface area contributed by atoms with E-state index < -0.39 is 36.7 Å². The Kier molecular flexibility index (Phi) is 21.3. The zero-order valence-corrected chi connectivity index (χ0v) is 39.2. The van der Waals surface area contributed by atoms with Crippen LogP contribution >= 0.6 is 0 Å². The van der Waals surface area contributed by atoms with Crippen LogP contribution in [0.2, 0.25) is 0 Å². The van der Waals surface area contributed by atoms with Gasteiger partial charge < -0.3 is 53.3 Å². The van der Waals surface area contributed by atoms with Gasteiger partial charge in [-0.25, -0.2) is 0 Å². The normalized spacial score (nSPS) is 14.2. The average molecular weight is 981 g/mol. The topological polar surface area (TPSA) is 254 Å². The standard InChI is InChI=1S/C25H25BO6.C23H21BO6.C2H6O.H2O4S/c1-2-29-25(27)14-13-24-22-12-11-21(16-23(22)26(28)32-24)31-20-10-6-9-19(15-20)30-17-18-7-4-3-5-8-18;25-23(26)12-11-22-20-10-9-19(14-21(20)24(27)30-22)29-18-8-4-7-17(13-18)28-15-16-5-2-1-3-6-16;1-2-3;1-5(2,3)4/h3-12,15-16,24,28H,2,13-14,17H2,1H3;1-10,13-14,22,27H,11-12,15H2,(H,25,26);3H,2H2,1H3;(H2,1,2,3,4). The van der Waals surface area contributed by atoms with Gasteiger partial charge in [0.15, 0.2) is 0 Å². The Morgan fingerprint density at radius 2 is 0.957 bits per heavy atom. The van der Waals surface area contributed by atoms with Crippen molar-refractivity contribution < 1.29 is 80.4 Å². The number of esters is 1. The lowest BCUT2D eigenvalue weighted by Gasteiger charge is -2.12. The van der Waals surface area contributed by atoms with Crippen LogP contribution in [0.5, 0.6) is 34.5 Å². The molecule has 0 aliphatic carbocycles. The van der Waals surface area contributed by atoms with Gasteiger partial charge in [0.25, 0.3) is 0 Å². The molecule has 0 fully saturated rings. The zero-order valence-electron chi connectivity index (χ0n) is 38.4. The molecule has 70 heavy (non-hydrogen) atoms. The fourth-order valence-corrected chi connectivity index (χ4v) is 7.04. The highest BCUT2D eigenvalue weighted by molar-refractivity contribution is 7.79. The second-order valence-corrected chi connectivity index (χ2v) is 16.2. The lowest BCUT2D eigenvalue weighted by Crippen LogP contribution is -2.27. The Hall–Kier alpha value is -6.74. The smallest absolute Gasteiger partial charge is 0.489 e. The second kappa shape index (κ2) is 27.4. The van der Waals surface area contributed by atoms with Gasteiger partial charge in [0.05, 0.1) is 18.8 Å². The number of fused-ring (bicyclic) bond motifs is 2. The highest BCUT2D eigenvalue weighted by Gasteiger charge is 2.36. The number of benzene rings is 6. The van der Waals surface area contributed by atoms with Crippen molar-refractivity contribution >= 4 is 47.5 Å². The number of carboxylic acid groups (broad SMARTS) is 1. The fraction of sp³-hybridized carbons (Fsp3) is 0.240. The second-order valence-electron chi connectivity index (χ2n) is 15.3. The summed E-state index contributed by atoms with van der Waals surface area (Å²) in [5.74, 6) is 2.60. The molecule has 2 aliphatic heterocycles. The highest BCUT2D eigenvalue weighted by atomic mass is 32.3. The van der Waals surface area contributed by atoms with Crippen LogP contribution in [0.1, 0.15) is 74.0 Å². The van der Waals surface area contributed by atoms with Gasteiger partial charge in [0.2, 0.25) is 0 Å². The lowest BCUT2D eigenvalue weighted by atomic mass is 9.79. The molecule has 6 N–H and O–H groups in total. The number of ether oxygens (including phenoxy) is 5. The number of carbonyl (C=O) groups excluding carboxylic acids is 1. The molecule has 8 rings (SSSR count). The first-order valence-corrected chi connectivity index (χ1v) is 23.5. The van der Waals surface area contributed by atoms with Gasteiger partial charge in [-0.15, -0.1) is 0 Å². The van der Waals surface area contributed by atoms with E-state index in [0.717, 1.165) is 22.3 Å². The first-order chi connectivity index (χ1) is 33.6. The van der Waals surface area contributed by atoms with Gasteiger partial charge in [-0.1, -0.05) is 84.9 Å². The Balaban J connectivity index is 0.000000227.